The summed E-state index contributed by atoms with van der Waals surface area (Å²) >= 11 is 6.14. The maximum absolute atomic E-state index is 6.14. The van der Waals surface area contributed by atoms with Gasteiger partial charge in [-0.2, -0.15) is 0 Å². The fraction of sp³-hybridized carbons (Fsp3) is 0.267. The van der Waals surface area contributed by atoms with Crippen molar-refractivity contribution in [2.45, 2.75) is 6.54 Å². The summed E-state index contributed by atoms with van der Waals surface area (Å²) in [5.74, 6) is 2.18. The summed E-state index contributed by atoms with van der Waals surface area (Å²) in [5, 5.41) is 0.635. The third-order valence-corrected chi connectivity index (χ3v) is 3.26. The first-order valence-corrected chi connectivity index (χ1v) is 6.56. The normalized spacial score (nSPS) is 10.2. The Kier molecular flexibility index (Phi) is 4.69. The molecule has 0 unspecified atom stereocenters. The number of aromatic nitrogens is 1. The SMILES string of the molecule is COc1ccc(CN(C)c2ncccc2Cl)cc1OC. The van der Waals surface area contributed by atoms with Crippen molar-refractivity contribution >= 4 is 17.4 Å². The van der Waals surface area contributed by atoms with Crippen molar-refractivity contribution in [1.29, 1.82) is 0 Å². The van der Waals surface area contributed by atoms with Crippen LogP contribution in [0.1, 0.15) is 5.56 Å². The molecular formula is C15H17ClN2O2. The molecule has 1 heterocycles. The minimum Gasteiger partial charge on any atom is -0.493 e. The molecule has 5 heteroatoms. The van der Waals surface area contributed by atoms with E-state index in [1.165, 1.54) is 0 Å². The van der Waals surface area contributed by atoms with Gasteiger partial charge in [-0.1, -0.05) is 17.7 Å². The smallest absolute Gasteiger partial charge is 0.161 e. The molecule has 2 aromatic rings. The zero-order valence-corrected chi connectivity index (χ0v) is 12.5. The summed E-state index contributed by atoms with van der Waals surface area (Å²) in [4.78, 5) is 6.28. The van der Waals surface area contributed by atoms with Gasteiger partial charge in [-0.05, 0) is 29.8 Å². The monoisotopic (exact) mass is 292 g/mol. The minimum atomic E-state index is 0.635. The predicted molar refractivity (Wildman–Crippen MR) is 80.9 cm³/mol. The Bertz CT molecular complexity index is 590. The Balaban J connectivity index is 2.20. The fourth-order valence-electron chi connectivity index (χ4n) is 1.99. The standard InChI is InChI=1S/C15H17ClN2O2/c1-18(15-12(16)5-4-8-17-15)10-11-6-7-13(19-2)14(9-11)20-3/h4-9H,10H2,1-3H3. The predicted octanol–water partition coefficient (Wildman–Crippen LogP) is 3.39. The van der Waals surface area contributed by atoms with Crippen molar-refractivity contribution in [1.82, 2.24) is 4.98 Å². The van der Waals surface area contributed by atoms with Crippen molar-refractivity contribution in [2.24, 2.45) is 0 Å². The van der Waals surface area contributed by atoms with E-state index in [1.807, 2.05) is 42.3 Å². The van der Waals surface area contributed by atoms with Gasteiger partial charge < -0.3 is 14.4 Å². The highest BCUT2D eigenvalue weighted by molar-refractivity contribution is 6.32. The average Bonchev–Trinajstić information content (AvgIpc) is 2.47. The summed E-state index contributed by atoms with van der Waals surface area (Å²) in [7, 11) is 5.20. The van der Waals surface area contributed by atoms with Crippen molar-refractivity contribution in [3.63, 3.8) is 0 Å². The number of hydrogen-bond donors (Lipinski definition) is 0. The zero-order valence-electron chi connectivity index (χ0n) is 11.8. The van der Waals surface area contributed by atoms with Crippen LogP contribution >= 0.6 is 11.6 Å². The first kappa shape index (κ1) is 14.5. The van der Waals surface area contributed by atoms with Crippen molar-refractivity contribution in [2.75, 3.05) is 26.2 Å². The molecule has 1 aromatic heterocycles. The summed E-state index contributed by atoms with van der Waals surface area (Å²) < 4.78 is 10.5. The molecule has 0 radical (unpaired) electrons. The highest BCUT2D eigenvalue weighted by atomic mass is 35.5. The largest absolute Gasteiger partial charge is 0.493 e. The summed E-state index contributed by atoms with van der Waals surface area (Å²) in [6, 6.07) is 9.48. The lowest BCUT2D eigenvalue weighted by atomic mass is 10.2. The van der Waals surface area contributed by atoms with Gasteiger partial charge in [0.15, 0.2) is 11.5 Å². The highest BCUT2D eigenvalue weighted by Crippen LogP contribution is 2.29. The maximum Gasteiger partial charge on any atom is 0.161 e. The van der Waals surface area contributed by atoms with Gasteiger partial charge in [0, 0.05) is 19.8 Å². The van der Waals surface area contributed by atoms with E-state index in [9.17, 15) is 0 Å². The van der Waals surface area contributed by atoms with Gasteiger partial charge in [0.1, 0.15) is 5.82 Å². The molecule has 0 atom stereocenters. The second-order valence-corrected chi connectivity index (χ2v) is 4.76. The Labute approximate surface area is 123 Å². The first-order valence-electron chi connectivity index (χ1n) is 6.18. The third kappa shape index (κ3) is 3.14. The third-order valence-electron chi connectivity index (χ3n) is 2.97. The molecule has 0 bridgehead atoms. The molecule has 0 N–H and O–H groups in total. The van der Waals surface area contributed by atoms with Crippen LogP contribution in [-0.4, -0.2) is 26.3 Å². The molecule has 2 rings (SSSR count). The molecular weight excluding hydrogens is 276 g/mol. The first-order chi connectivity index (χ1) is 9.65. The van der Waals surface area contributed by atoms with Crippen molar-refractivity contribution in [3.8, 4) is 11.5 Å². The van der Waals surface area contributed by atoms with E-state index in [4.69, 9.17) is 21.1 Å². The van der Waals surface area contributed by atoms with Gasteiger partial charge in [0.25, 0.3) is 0 Å². The average molecular weight is 293 g/mol. The number of ether oxygens (including phenoxy) is 2. The van der Waals surface area contributed by atoms with Gasteiger partial charge in [-0.3, -0.25) is 0 Å². The van der Waals surface area contributed by atoms with Crippen LogP contribution in [-0.2, 0) is 6.54 Å². The van der Waals surface area contributed by atoms with Gasteiger partial charge in [0.2, 0.25) is 0 Å². The number of hydrogen-bond acceptors (Lipinski definition) is 4. The molecule has 1 aromatic carbocycles. The number of anilines is 1. The zero-order chi connectivity index (χ0) is 14.5. The number of pyridine rings is 1. The molecule has 20 heavy (non-hydrogen) atoms. The molecule has 0 fully saturated rings. The van der Waals surface area contributed by atoms with Crippen LogP contribution in [0.5, 0.6) is 11.5 Å². The number of halogens is 1. The lowest BCUT2D eigenvalue weighted by Gasteiger charge is -2.20. The van der Waals surface area contributed by atoms with Crippen LogP contribution in [0, 0.1) is 0 Å². The van der Waals surface area contributed by atoms with Gasteiger partial charge in [0.05, 0.1) is 19.2 Å². The molecule has 0 spiro atoms. The van der Waals surface area contributed by atoms with Crippen LogP contribution in [0.4, 0.5) is 5.82 Å². The molecule has 106 valence electrons. The minimum absolute atomic E-state index is 0.635. The van der Waals surface area contributed by atoms with Gasteiger partial charge in [-0.25, -0.2) is 4.98 Å². The number of benzene rings is 1. The molecule has 0 saturated heterocycles. The molecule has 0 aliphatic heterocycles. The second-order valence-electron chi connectivity index (χ2n) is 4.35. The highest BCUT2D eigenvalue weighted by Gasteiger charge is 2.10. The Hall–Kier alpha value is -1.94. The lowest BCUT2D eigenvalue weighted by Crippen LogP contribution is -2.18. The summed E-state index contributed by atoms with van der Waals surface area (Å²) in [5.41, 5.74) is 1.09. The molecule has 0 amide bonds. The topological polar surface area (TPSA) is 34.6 Å². The van der Waals surface area contributed by atoms with E-state index in [1.54, 1.807) is 20.4 Å². The summed E-state index contributed by atoms with van der Waals surface area (Å²) in [6.45, 7) is 0.678. The van der Waals surface area contributed by atoms with Crippen molar-refractivity contribution in [3.05, 3.63) is 47.1 Å². The van der Waals surface area contributed by atoms with Crippen LogP contribution in [0.2, 0.25) is 5.02 Å². The van der Waals surface area contributed by atoms with Crippen LogP contribution in [0.15, 0.2) is 36.5 Å². The molecule has 0 saturated carbocycles. The van der Waals surface area contributed by atoms with Gasteiger partial charge in [-0.15, -0.1) is 0 Å². The lowest BCUT2D eigenvalue weighted by molar-refractivity contribution is 0.354. The molecule has 0 aliphatic carbocycles. The second kappa shape index (κ2) is 6.48. The molecule has 4 nitrogen and oxygen atoms in total. The van der Waals surface area contributed by atoms with E-state index in [-0.39, 0.29) is 0 Å². The van der Waals surface area contributed by atoms with Crippen molar-refractivity contribution < 1.29 is 9.47 Å². The summed E-state index contributed by atoms with van der Waals surface area (Å²) in [6.07, 6.45) is 1.73. The number of rotatable bonds is 5. The van der Waals surface area contributed by atoms with E-state index in [2.05, 4.69) is 4.98 Å². The van der Waals surface area contributed by atoms with Crippen LogP contribution in [0.3, 0.4) is 0 Å². The number of nitrogens with zero attached hydrogens (tertiary/aromatic N) is 2. The quantitative estimate of drug-likeness (QED) is 0.846. The van der Waals surface area contributed by atoms with E-state index >= 15 is 0 Å². The van der Waals surface area contributed by atoms with E-state index in [0.717, 1.165) is 17.1 Å². The Morgan fingerprint density at radius 1 is 1.15 bits per heavy atom. The van der Waals surface area contributed by atoms with Gasteiger partial charge >= 0.3 is 0 Å². The van der Waals surface area contributed by atoms with Crippen LogP contribution < -0.4 is 14.4 Å². The molecule has 0 aliphatic rings. The van der Waals surface area contributed by atoms with E-state index in [0.29, 0.717) is 17.3 Å². The Morgan fingerprint density at radius 3 is 2.55 bits per heavy atom. The van der Waals surface area contributed by atoms with Crippen LogP contribution in [0.25, 0.3) is 0 Å². The maximum atomic E-state index is 6.14. The Morgan fingerprint density at radius 2 is 1.90 bits per heavy atom. The van der Waals surface area contributed by atoms with E-state index < -0.39 is 0 Å². The number of methoxy groups -OCH3 is 2. The fourth-order valence-corrected chi connectivity index (χ4v) is 2.25.